The van der Waals surface area contributed by atoms with Gasteiger partial charge in [0.2, 0.25) is 0 Å². The molecule has 11 heteroatoms. The first kappa shape index (κ1) is 24.3. The normalized spacial score (nSPS) is 15.3. The maximum absolute atomic E-state index is 13.5. The molecule has 0 spiro atoms. The summed E-state index contributed by atoms with van der Waals surface area (Å²) in [5, 5.41) is 17.3. The lowest BCUT2D eigenvalue weighted by atomic mass is 10.1. The number of aryl methyl sites for hydroxylation is 1. The van der Waals surface area contributed by atoms with E-state index in [0.717, 1.165) is 0 Å². The van der Waals surface area contributed by atoms with Crippen LogP contribution in [-0.2, 0) is 4.74 Å². The number of nitro groups is 1. The van der Waals surface area contributed by atoms with Crippen molar-refractivity contribution in [2.75, 3.05) is 29.9 Å². The molecule has 0 radical (unpaired) electrons. The van der Waals surface area contributed by atoms with Crippen LogP contribution in [0.15, 0.2) is 60.9 Å². The first-order valence-electron chi connectivity index (χ1n) is 10.8. The average molecular weight is 496 g/mol. The Hall–Kier alpha value is -3.86. The minimum atomic E-state index is -0.693. The van der Waals surface area contributed by atoms with Crippen molar-refractivity contribution >= 4 is 40.5 Å². The van der Waals surface area contributed by atoms with Gasteiger partial charge >= 0.3 is 5.69 Å². The molecule has 1 fully saturated rings. The van der Waals surface area contributed by atoms with Crippen LogP contribution in [0.3, 0.4) is 0 Å². The van der Waals surface area contributed by atoms with Crippen molar-refractivity contribution in [2.45, 2.75) is 13.2 Å². The third-order valence-electron chi connectivity index (χ3n) is 5.50. The molecule has 2 heterocycles. The minimum Gasteiger partial charge on any atom is -0.355 e. The lowest BCUT2D eigenvalue weighted by Gasteiger charge is -2.35. The number of nitrogens with one attached hydrogen (secondary N) is 2. The molecule has 180 valence electrons. The molecule has 2 amide bonds. The van der Waals surface area contributed by atoms with Gasteiger partial charge in [0.05, 0.1) is 11.5 Å². The second-order valence-corrected chi connectivity index (χ2v) is 8.19. The van der Waals surface area contributed by atoms with Crippen LogP contribution < -0.4 is 15.5 Å². The van der Waals surface area contributed by atoms with E-state index in [9.17, 15) is 19.7 Å². The summed E-state index contributed by atoms with van der Waals surface area (Å²) >= 11 is 5.96. The molecule has 4 rings (SSSR count). The highest BCUT2D eigenvalue weighted by Crippen LogP contribution is 2.31. The number of ether oxygens (including phenoxy) is 1. The number of nitro benzene ring substituents is 1. The number of carbonyl (C=O) groups excluding carboxylic acids is 2. The summed E-state index contributed by atoms with van der Waals surface area (Å²) in [5.41, 5.74) is 1.36. The molecule has 0 saturated carbocycles. The average Bonchev–Trinajstić information content (AvgIpc) is 2.86. The van der Waals surface area contributed by atoms with E-state index in [2.05, 4.69) is 15.6 Å². The van der Waals surface area contributed by atoms with Gasteiger partial charge in [0.15, 0.2) is 0 Å². The number of halogens is 1. The minimum absolute atomic E-state index is 0.135. The van der Waals surface area contributed by atoms with Gasteiger partial charge in [0.1, 0.15) is 16.8 Å². The maximum Gasteiger partial charge on any atom is 0.300 e. The number of anilines is 2. The van der Waals surface area contributed by atoms with Gasteiger partial charge in [-0.25, -0.2) is 0 Å². The molecule has 1 saturated heterocycles. The number of morpholine rings is 1. The van der Waals surface area contributed by atoms with E-state index in [1.807, 2.05) is 0 Å². The molecule has 0 bridgehead atoms. The van der Waals surface area contributed by atoms with Crippen molar-refractivity contribution < 1.29 is 19.2 Å². The Morgan fingerprint density at radius 2 is 2.00 bits per heavy atom. The summed E-state index contributed by atoms with van der Waals surface area (Å²) in [6, 6.07) is 12.5. The third kappa shape index (κ3) is 5.29. The molecule has 2 aromatic carbocycles. The van der Waals surface area contributed by atoms with Gasteiger partial charge in [-0.3, -0.25) is 29.6 Å². The summed E-state index contributed by atoms with van der Waals surface area (Å²) in [6.07, 6.45) is 2.48. The summed E-state index contributed by atoms with van der Waals surface area (Å²) < 4.78 is 5.86. The van der Waals surface area contributed by atoms with Gasteiger partial charge in [0.25, 0.3) is 11.8 Å². The van der Waals surface area contributed by atoms with E-state index in [1.165, 1.54) is 35.5 Å². The van der Waals surface area contributed by atoms with E-state index >= 15 is 0 Å². The van der Waals surface area contributed by atoms with Crippen LogP contribution in [0.25, 0.3) is 0 Å². The second kappa shape index (κ2) is 10.6. The molecular weight excluding hydrogens is 474 g/mol. The van der Waals surface area contributed by atoms with Crippen LogP contribution in [0, 0.1) is 17.0 Å². The highest BCUT2D eigenvalue weighted by atomic mass is 35.5. The Kier molecular flexibility index (Phi) is 7.35. The number of amides is 2. The van der Waals surface area contributed by atoms with Crippen LogP contribution >= 0.6 is 11.6 Å². The molecule has 1 aliphatic rings. The van der Waals surface area contributed by atoms with Crippen molar-refractivity contribution in [1.29, 1.82) is 0 Å². The largest absolute Gasteiger partial charge is 0.355 e. The second-order valence-electron chi connectivity index (χ2n) is 7.79. The molecule has 1 unspecified atom stereocenters. The van der Waals surface area contributed by atoms with E-state index in [1.54, 1.807) is 37.3 Å². The summed E-state index contributed by atoms with van der Waals surface area (Å²) in [5.74, 6) is -0.991. The van der Waals surface area contributed by atoms with Crippen LogP contribution in [0.2, 0.25) is 5.02 Å². The maximum atomic E-state index is 13.5. The molecule has 0 aliphatic carbocycles. The Bertz CT molecular complexity index is 1260. The predicted octanol–water partition coefficient (Wildman–Crippen LogP) is 3.80. The van der Waals surface area contributed by atoms with Crippen molar-refractivity contribution in [1.82, 2.24) is 10.3 Å². The van der Waals surface area contributed by atoms with Gasteiger partial charge in [0, 0.05) is 42.4 Å². The number of hydrogen-bond acceptors (Lipinski definition) is 7. The van der Waals surface area contributed by atoms with E-state index in [-0.39, 0.29) is 16.5 Å². The number of hydrogen-bond donors (Lipinski definition) is 2. The standard InChI is InChI=1S/C24H22ClN5O5/c1-15-5-6-17(13-20(15)28-23(31)18-3-2-4-19(25)22(18)30(33)34)29(21-14-27-11-12-35-21)24(32)16-7-9-26-10-8-16/h2-10,13,21,27H,11-12,14H2,1H3,(H,28,31). The summed E-state index contributed by atoms with van der Waals surface area (Å²) in [6.45, 7) is 3.29. The number of para-hydroxylation sites is 1. The lowest BCUT2D eigenvalue weighted by molar-refractivity contribution is -0.385. The molecular formula is C24H22ClN5O5. The first-order valence-corrected chi connectivity index (χ1v) is 11.2. The highest BCUT2D eigenvalue weighted by molar-refractivity contribution is 6.33. The Labute approximate surface area is 206 Å². The fraction of sp³-hybridized carbons (Fsp3) is 0.208. The van der Waals surface area contributed by atoms with Crippen LogP contribution in [0.5, 0.6) is 0 Å². The van der Waals surface area contributed by atoms with Gasteiger partial charge < -0.3 is 15.4 Å². The van der Waals surface area contributed by atoms with Crippen LogP contribution in [-0.4, -0.2) is 47.6 Å². The van der Waals surface area contributed by atoms with Gasteiger partial charge in [-0.15, -0.1) is 0 Å². The lowest BCUT2D eigenvalue weighted by Crippen LogP contribution is -2.52. The molecule has 2 N–H and O–H groups in total. The van der Waals surface area contributed by atoms with E-state index in [4.69, 9.17) is 16.3 Å². The summed E-state index contributed by atoms with van der Waals surface area (Å²) in [4.78, 5) is 42.7. The number of pyridine rings is 1. The van der Waals surface area contributed by atoms with Gasteiger partial charge in [-0.1, -0.05) is 23.7 Å². The van der Waals surface area contributed by atoms with Crippen molar-refractivity contribution in [2.24, 2.45) is 0 Å². The quantitative estimate of drug-likeness (QED) is 0.393. The molecule has 1 atom stereocenters. The van der Waals surface area contributed by atoms with Crippen LogP contribution in [0.4, 0.5) is 17.1 Å². The molecule has 1 aliphatic heterocycles. The van der Waals surface area contributed by atoms with Crippen LogP contribution in [0.1, 0.15) is 26.3 Å². The zero-order valence-corrected chi connectivity index (χ0v) is 19.5. The molecule has 3 aromatic rings. The van der Waals surface area contributed by atoms with Gasteiger partial charge in [-0.05, 0) is 48.9 Å². The van der Waals surface area contributed by atoms with E-state index in [0.29, 0.717) is 42.2 Å². The monoisotopic (exact) mass is 495 g/mol. The fourth-order valence-corrected chi connectivity index (χ4v) is 3.98. The topological polar surface area (TPSA) is 127 Å². The number of aromatic nitrogens is 1. The van der Waals surface area contributed by atoms with E-state index < -0.39 is 22.7 Å². The number of carbonyl (C=O) groups is 2. The van der Waals surface area contributed by atoms with Crippen molar-refractivity contribution in [3.63, 3.8) is 0 Å². The molecule has 1 aromatic heterocycles. The third-order valence-corrected chi connectivity index (χ3v) is 5.81. The zero-order chi connectivity index (χ0) is 24.9. The summed E-state index contributed by atoms with van der Waals surface area (Å²) in [7, 11) is 0. The SMILES string of the molecule is Cc1ccc(N(C(=O)c2ccncc2)C2CNCCO2)cc1NC(=O)c1cccc(Cl)c1[N+](=O)[O-]. The Morgan fingerprint density at radius 1 is 1.23 bits per heavy atom. The van der Waals surface area contributed by atoms with Crippen molar-refractivity contribution in [3.8, 4) is 0 Å². The number of benzene rings is 2. The Balaban J connectivity index is 1.70. The number of rotatable bonds is 6. The van der Waals surface area contributed by atoms with Gasteiger partial charge in [-0.2, -0.15) is 0 Å². The number of nitrogens with zero attached hydrogens (tertiary/aromatic N) is 3. The van der Waals surface area contributed by atoms with Crippen molar-refractivity contribution in [3.05, 3.63) is 92.8 Å². The highest BCUT2D eigenvalue weighted by Gasteiger charge is 2.30. The first-order chi connectivity index (χ1) is 16.9. The molecule has 10 nitrogen and oxygen atoms in total. The zero-order valence-electron chi connectivity index (χ0n) is 18.7. The Morgan fingerprint density at radius 3 is 2.69 bits per heavy atom. The predicted molar refractivity (Wildman–Crippen MR) is 131 cm³/mol. The fourth-order valence-electron chi connectivity index (χ4n) is 3.73. The molecule has 35 heavy (non-hydrogen) atoms. The smallest absolute Gasteiger partial charge is 0.300 e.